The van der Waals surface area contributed by atoms with E-state index in [2.05, 4.69) is 5.32 Å². The normalized spacial score (nSPS) is 11.1. The number of carbonyl (C=O) groups excluding carboxylic acids is 1. The highest BCUT2D eigenvalue weighted by Gasteiger charge is 2.15. The van der Waals surface area contributed by atoms with E-state index in [0.29, 0.717) is 0 Å². The van der Waals surface area contributed by atoms with E-state index in [1.165, 1.54) is 23.9 Å². The van der Waals surface area contributed by atoms with Crippen molar-refractivity contribution in [3.05, 3.63) is 28.3 Å². The number of phenols is 1. The molecule has 1 aromatic carbocycles. The fourth-order valence-corrected chi connectivity index (χ4v) is 1.84. The van der Waals surface area contributed by atoms with Gasteiger partial charge in [0, 0.05) is 10.8 Å². The second-order valence-electron chi connectivity index (χ2n) is 4.91. The van der Waals surface area contributed by atoms with Crippen molar-refractivity contribution in [3.63, 3.8) is 0 Å². The minimum atomic E-state index is -0.610. The summed E-state index contributed by atoms with van der Waals surface area (Å²) >= 11 is 1.47. The Morgan fingerprint density at radius 3 is 2.58 bits per heavy atom. The summed E-state index contributed by atoms with van der Waals surface area (Å²) in [7, 11) is 0. The van der Waals surface area contributed by atoms with Crippen molar-refractivity contribution >= 4 is 29.0 Å². The SMILES string of the molecule is CC(C)(C)SCC(=O)Nc1ccc([N+](=O)[O-])cc1O. The molecule has 0 aromatic heterocycles. The van der Waals surface area contributed by atoms with Crippen LogP contribution in [0.3, 0.4) is 0 Å². The smallest absolute Gasteiger partial charge is 0.273 e. The zero-order chi connectivity index (χ0) is 14.6. The topological polar surface area (TPSA) is 92.5 Å². The zero-order valence-electron chi connectivity index (χ0n) is 11.0. The zero-order valence-corrected chi connectivity index (χ0v) is 11.8. The maximum Gasteiger partial charge on any atom is 0.273 e. The van der Waals surface area contributed by atoms with Gasteiger partial charge in [-0.15, -0.1) is 11.8 Å². The number of hydrogen-bond acceptors (Lipinski definition) is 5. The van der Waals surface area contributed by atoms with Crippen LogP contribution in [0.4, 0.5) is 11.4 Å². The van der Waals surface area contributed by atoms with Crippen molar-refractivity contribution < 1.29 is 14.8 Å². The van der Waals surface area contributed by atoms with E-state index in [9.17, 15) is 20.0 Å². The highest BCUT2D eigenvalue weighted by Crippen LogP contribution is 2.28. The van der Waals surface area contributed by atoms with Crippen LogP contribution in [0.1, 0.15) is 20.8 Å². The lowest BCUT2D eigenvalue weighted by Crippen LogP contribution is -2.18. The molecule has 19 heavy (non-hydrogen) atoms. The van der Waals surface area contributed by atoms with E-state index in [0.717, 1.165) is 6.07 Å². The molecule has 104 valence electrons. The van der Waals surface area contributed by atoms with Crippen LogP contribution in [0.25, 0.3) is 0 Å². The molecule has 0 unspecified atom stereocenters. The predicted octanol–water partition coefficient (Wildman–Crippen LogP) is 2.77. The molecule has 1 rings (SSSR count). The van der Waals surface area contributed by atoms with Crippen LogP contribution in [0.2, 0.25) is 0 Å². The largest absolute Gasteiger partial charge is 0.506 e. The van der Waals surface area contributed by atoms with E-state index in [-0.39, 0.29) is 33.5 Å². The molecule has 0 aliphatic heterocycles. The quantitative estimate of drug-likeness (QED) is 0.504. The summed E-state index contributed by atoms with van der Waals surface area (Å²) in [6.07, 6.45) is 0. The minimum Gasteiger partial charge on any atom is -0.506 e. The maximum absolute atomic E-state index is 11.7. The number of amides is 1. The first kappa shape index (κ1) is 15.3. The van der Waals surface area contributed by atoms with Crippen LogP contribution < -0.4 is 5.32 Å². The molecule has 0 atom stereocenters. The van der Waals surface area contributed by atoms with Crippen LogP contribution >= 0.6 is 11.8 Å². The van der Waals surface area contributed by atoms with Crippen molar-refractivity contribution in [3.8, 4) is 5.75 Å². The number of non-ortho nitro benzene ring substituents is 1. The summed E-state index contributed by atoms with van der Waals surface area (Å²) in [5.41, 5.74) is -0.0512. The molecule has 0 bridgehead atoms. The van der Waals surface area contributed by atoms with Gasteiger partial charge in [-0.2, -0.15) is 0 Å². The van der Waals surface area contributed by atoms with Gasteiger partial charge in [-0.1, -0.05) is 20.8 Å². The van der Waals surface area contributed by atoms with Gasteiger partial charge in [-0.3, -0.25) is 14.9 Å². The Kier molecular flexibility index (Phi) is 4.77. The van der Waals surface area contributed by atoms with Gasteiger partial charge in [0.05, 0.1) is 22.4 Å². The molecule has 7 heteroatoms. The van der Waals surface area contributed by atoms with E-state index < -0.39 is 4.92 Å². The fraction of sp³-hybridized carbons (Fsp3) is 0.417. The molecule has 0 spiro atoms. The second kappa shape index (κ2) is 5.92. The van der Waals surface area contributed by atoms with Gasteiger partial charge < -0.3 is 10.4 Å². The third kappa shape index (κ3) is 5.17. The first-order chi connectivity index (χ1) is 8.69. The summed E-state index contributed by atoms with van der Waals surface area (Å²) in [6, 6.07) is 3.55. The van der Waals surface area contributed by atoms with Crippen LogP contribution in [0.5, 0.6) is 5.75 Å². The number of hydrogen-bond donors (Lipinski definition) is 2. The number of thioether (sulfide) groups is 1. The molecule has 2 N–H and O–H groups in total. The summed E-state index contributed by atoms with van der Waals surface area (Å²) in [5.74, 6) is -0.327. The third-order valence-electron chi connectivity index (χ3n) is 2.10. The van der Waals surface area contributed by atoms with Crippen molar-refractivity contribution in [1.29, 1.82) is 0 Å². The Morgan fingerprint density at radius 2 is 2.11 bits per heavy atom. The van der Waals surface area contributed by atoms with E-state index in [1.807, 2.05) is 20.8 Å². The van der Waals surface area contributed by atoms with Crippen molar-refractivity contribution in [2.45, 2.75) is 25.5 Å². The van der Waals surface area contributed by atoms with E-state index in [4.69, 9.17) is 0 Å². The molecule has 0 saturated carbocycles. The molecule has 0 saturated heterocycles. The van der Waals surface area contributed by atoms with Crippen LogP contribution in [0.15, 0.2) is 18.2 Å². The number of rotatable bonds is 4. The van der Waals surface area contributed by atoms with Gasteiger partial charge in [0.1, 0.15) is 5.75 Å². The number of anilines is 1. The number of nitro groups is 1. The highest BCUT2D eigenvalue weighted by molar-refractivity contribution is 8.01. The summed E-state index contributed by atoms with van der Waals surface area (Å²) in [4.78, 5) is 21.5. The Labute approximate surface area is 115 Å². The van der Waals surface area contributed by atoms with E-state index in [1.54, 1.807) is 0 Å². The highest BCUT2D eigenvalue weighted by atomic mass is 32.2. The fourth-order valence-electron chi connectivity index (χ4n) is 1.21. The van der Waals surface area contributed by atoms with Crippen molar-refractivity contribution in [2.75, 3.05) is 11.1 Å². The molecule has 0 aliphatic rings. The molecule has 1 amide bonds. The van der Waals surface area contributed by atoms with Gasteiger partial charge in [0.25, 0.3) is 5.69 Å². The molecular weight excluding hydrogens is 268 g/mol. The maximum atomic E-state index is 11.7. The van der Waals surface area contributed by atoms with Crippen LogP contribution in [0, 0.1) is 10.1 Å². The number of benzene rings is 1. The van der Waals surface area contributed by atoms with Gasteiger partial charge in [0.2, 0.25) is 5.91 Å². The van der Waals surface area contributed by atoms with Gasteiger partial charge in [0.15, 0.2) is 0 Å². The lowest BCUT2D eigenvalue weighted by atomic mass is 10.2. The van der Waals surface area contributed by atoms with Gasteiger partial charge in [-0.25, -0.2) is 0 Å². The Bertz CT molecular complexity index is 497. The molecule has 0 fully saturated rings. The molecular formula is C12H16N2O4S. The monoisotopic (exact) mass is 284 g/mol. The number of nitro benzene ring substituents is 1. The second-order valence-corrected chi connectivity index (χ2v) is 6.71. The summed E-state index contributed by atoms with van der Waals surface area (Å²) in [6.45, 7) is 5.98. The number of aromatic hydroxyl groups is 1. The molecule has 0 aliphatic carbocycles. The number of nitrogens with zero attached hydrogens (tertiary/aromatic N) is 1. The lowest BCUT2D eigenvalue weighted by Gasteiger charge is -2.17. The summed E-state index contributed by atoms with van der Waals surface area (Å²) < 4.78 is -0.0329. The van der Waals surface area contributed by atoms with E-state index >= 15 is 0 Å². The first-order valence-corrected chi connectivity index (χ1v) is 6.59. The molecule has 6 nitrogen and oxygen atoms in total. The number of carbonyl (C=O) groups is 1. The van der Waals surface area contributed by atoms with Crippen LogP contribution in [-0.4, -0.2) is 26.4 Å². The number of nitrogens with one attached hydrogen (secondary N) is 1. The Morgan fingerprint density at radius 1 is 1.47 bits per heavy atom. The van der Waals surface area contributed by atoms with Crippen molar-refractivity contribution in [2.24, 2.45) is 0 Å². The Balaban J connectivity index is 2.67. The standard InChI is InChI=1S/C12H16N2O4S/c1-12(2,3)19-7-11(16)13-9-5-4-8(14(17)18)6-10(9)15/h4-6,15H,7H2,1-3H3,(H,13,16). The minimum absolute atomic E-state index is 0.0329. The average molecular weight is 284 g/mol. The van der Waals surface area contributed by atoms with Gasteiger partial charge >= 0.3 is 0 Å². The number of phenolic OH excluding ortho intramolecular Hbond substituents is 1. The summed E-state index contributed by atoms with van der Waals surface area (Å²) in [5, 5.41) is 22.6. The van der Waals surface area contributed by atoms with Crippen LogP contribution in [-0.2, 0) is 4.79 Å². The lowest BCUT2D eigenvalue weighted by molar-refractivity contribution is -0.384. The Hall–Kier alpha value is -1.76. The molecule has 0 heterocycles. The predicted molar refractivity (Wildman–Crippen MR) is 75.6 cm³/mol. The third-order valence-corrected chi connectivity index (χ3v) is 3.38. The molecule has 1 aromatic rings. The van der Waals surface area contributed by atoms with Crippen molar-refractivity contribution in [1.82, 2.24) is 0 Å². The molecule has 0 radical (unpaired) electrons. The average Bonchev–Trinajstić information content (AvgIpc) is 2.28. The first-order valence-electron chi connectivity index (χ1n) is 5.60. The van der Waals surface area contributed by atoms with Gasteiger partial charge in [-0.05, 0) is 6.07 Å².